The van der Waals surface area contributed by atoms with Crippen molar-refractivity contribution in [3.05, 3.63) is 60.2 Å². The molecule has 2 atom stereocenters. The van der Waals surface area contributed by atoms with Gasteiger partial charge in [-0.05, 0) is 44.4 Å². The fourth-order valence-corrected chi connectivity index (χ4v) is 4.32. The van der Waals surface area contributed by atoms with E-state index in [1.54, 1.807) is 31.2 Å². The smallest absolute Gasteiger partial charge is 0.244 e. The van der Waals surface area contributed by atoms with Gasteiger partial charge in [0, 0.05) is 12.6 Å². The van der Waals surface area contributed by atoms with Gasteiger partial charge >= 0.3 is 0 Å². The van der Waals surface area contributed by atoms with Crippen LogP contribution in [0.4, 0.5) is 5.69 Å². The summed E-state index contributed by atoms with van der Waals surface area (Å²) in [5.74, 6) is -0.419. The van der Waals surface area contributed by atoms with Crippen molar-refractivity contribution < 1.29 is 22.7 Å². The molecule has 0 radical (unpaired) electrons. The number of hydrogen-bond acceptors (Lipinski definition) is 5. The van der Waals surface area contributed by atoms with Gasteiger partial charge in [0.2, 0.25) is 21.8 Å². The number of nitrogens with zero attached hydrogens (tertiary/aromatic N) is 2. The molecule has 2 amide bonds. The Hall–Kier alpha value is -3.07. The predicted molar refractivity (Wildman–Crippen MR) is 134 cm³/mol. The van der Waals surface area contributed by atoms with Crippen molar-refractivity contribution in [2.24, 2.45) is 0 Å². The molecule has 2 rings (SSSR count). The third-order valence-electron chi connectivity index (χ3n) is 5.69. The van der Waals surface area contributed by atoms with E-state index in [4.69, 9.17) is 4.74 Å². The number of carbonyl (C=O) groups is 2. The minimum atomic E-state index is -3.81. The molecule has 34 heavy (non-hydrogen) atoms. The van der Waals surface area contributed by atoms with E-state index in [0.717, 1.165) is 22.5 Å². The molecule has 8 nitrogen and oxygen atoms in total. The maximum Gasteiger partial charge on any atom is 0.244 e. The minimum Gasteiger partial charge on any atom is -0.495 e. The molecule has 0 aliphatic rings. The number of nitrogens with one attached hydrogen (secondary N) is 1. The Kier molecular flexibility index (Phi) is 9.92. The van der Waals surface area contributed by atoms with Gasteiger partial charge in [0.05, 0.1) is 19.1 Å². The van der Waals surface area contributed by atoms with E-state index < -0.39 is 28.5 Å². The highest BCUT2D eigenvalue weighted by Gasteiger charge is 2.31. The number of ether oxygens (including phenoxy) is 1. The number of rotatable bonds is 12. The van der Waals surface area contributed by atoms with Gasteiger partial charge in [-0.2, -0.15) is 0 Å². The van der Waals surface area contributed by atoms with Crippen LogP contribution < -0.4 is 14.4 Å². The molecule has 2 aromatic carbocycles. The molecule has 0 bridgehead atoms. The monoisotopic (exact) mass is 489 g/mol. The lowest BCUT2D eigenvalue weighted by molar-refractivity contribution is -0.139. The Balaban J connectivity index is 2.34. The number of para-hydroxylation sites is 2. The summed E-state index contributed by atoms with van der Waals surface area (Å²) in [5, 5.41) is 2.91. The van der Waals surface area contributed by atoms with Crippen LogP contribution in [0.2, 0.25) is 0 Å². The number of benzene rings is 2. The lowest BCUT2D eigenvalue weighted by Crippen LogP contribution is -2.53. The van der Waals surface area contributed by atoms with Crippen LogP contribution in [0.3, 0.4) is 0 Å². The molecular formula is C25H35N3O5S. The lowest BCUT2D eigenvalue weighted by atomic mass is 10.1. The van der Waals surface area contributed by atoms with E-state index in [9.17, 15) is 18.0 Å². The Morgan fingerprint density at radius 3 is 2.24 bits per heavy atom. The first-order valence-corrected chi connectivity index (χ1v) is 13.2. The molecule has 0 unspecified atom stereocenters. The van der Waals surface area contributed by atoms with E-state index in [1.807, 2.05) is 44.2 Å². The second kappa shape index (κ2) is 12.4. The highest BCUT2D eigenvalue weighted by atomic mass is 32.2. The van der Waals surface area contributed by atoms with Gasteiger partial charge in [-0.25, -0.2) is 8.42 Å². The van der Waals surface area contributed by atoms with E-state index in [-0.39, 0.29) is 24.2 Å². The van der Waals surface area contributed by atoms with E-state index in [0.29, 0.717) is 12.2 Å². The molecule has 0 saturated carbocycles. The average Bonchev–Trinajstić information content (AvgIpc) is 2.82. The summed E-state index contributed by atoms with van der Waals surface area (Å²) in [6, 6.07) is 15.4. The quantitative estimate of drug-likeness (QED) is 0.495. The molecule has 0 aliphatic carbocycles. The third-order valence-corrected chi connectivity index (χ3v) is 6.81. The average molecular weight is 490 g/mol. The Morgan fingerprint density at radius 1 is 1.03 bits per heavy atom. The predicted octanol–water partition coefficient (Wildman–Crippen LogP) is 2.84. The zero-order valence-electron chi connectivity index (χ0n) is 20.5. The number of amides is 2. The zero-order valence-corrected chi connectivity index (χ0v) is 21.3. The van der Waals surface area contributed by atoms with Gasteiger partial charge < -0.3 is 15.0 Å². The van der Waals surface area contributed by atoms with Crippen molar-refractivity contribution in [1.29, 1.82) is 0 Å². The molecular weight excluding hydrogens is 454 g/mol. The normalized spacial score (nSPS) is 13.0. The Morgan fingerprint density at radius 2 is 1.65 bits per heavy atom. The van der Waals surface area contributed by atoms with Gasteiger partial charge in [-0.3, -0.25) is 13.9 Å². The maximum atomic E-state index is 13.5. The first kappa shape index (κ1) is 27.2. The third kappa shape index (κ3) is 7.48. The van der Waals surface area contributed by atoms with Crippen LogP contribution in [-0.4, -0.2) is 63.7 Å². The lowest BCUT2D eigenvalue weighted by Gasteiger charge is -2.32. The first-order chi connectivity index (χ1) is 16.1. The van der Waals surface area contributed by atoms with Gasteiger partial charge in [-0.1, -0.05) is 49.4 Å². The summed E-state index contributed by atoms with van der Waals surface area (Å²) in [7, 11) is -2.37. The summed E-state index contributed by atoms with van der Waals surface area (Å²) in [6.07, 6.45) is 2.33. The van der Waals surface area contributed by atoms with Gasteiger partial charge in [-0.15, -0.1) is 0 Å². The maximum absolute atomic E-state index is 13.5. The van der Waals surface area contributed by atoms with Gasteiger partial charge in [0.1, 0.15) is 18.3 Å². The van der Waals surface area contributed by atoms with Crippen LogP contribution in [0, 0.1) is 0 Å². The Bertz CT molecular complexity index is 1060. The van der Waals surface area contributed by atoms with E-state index in [2.05, 4.69) is 5.32 Å². The summed E-state index contributed by atoms with van der Waals surface area (Å²) < 4.78 is 31.6. The minimum absolute atomic E-state index is 0.0397. The van der Waals surface area contributed by atoms with Crippen molar-refractivity contribution in [1.82, 2.24) is 10.2 Å². The van der Waals surface area contributed by atoms with Crippen LogP contribution in [0.5, 0.6) is 5.75 Å². The molecule has 2 aromatic rings. The highest BCUT2D eigenvalue weighted by molar-refractivity contribution is 7.92. The molecule has 0 spiro atoms. The second-order valence-corrected chi connectivity index (χ2v) is 10.2. The van der Waals surface area contributed by atoms with Gasteiger partial charge in [0.15, 0.2) is 0 Å². The molecule has 0 aromatic heterocycles. The van der Waals surface area contributed by atoms with E-state index in [1.165, 1.54) is 12.0 Å². The van der Waals surface area contributed by atoms with Crippen LogP contribution >= 0.6 is 0 Å². The van der Waals surface area contributed by atoms with Crippen LogP contribution in [0.1, 0.15) is 32.8 Å². The topological polar surface area (TPSA) is 96.0 Å². The standard InChI is InChI=1S/C25H35N3O5S/c1-6-19(2)26-25(30)20(3)27(17-16-21-12-8-7-9-13-21)24(29)18-28(34(5,31)32)22-14-10-11-15-23(22)33-4/h7-15,19-20H,6,16-18H2,1-5H3,(H,26,30)/t19-,20-/m0/s1. The van der Waals surface area contributed by atoms with Gasteiger partial charge in [0.25, 0.3) is 0 Å². The molecule has 0 saturated heterocycles. The number of hydrogen-bond donors (Lipinski definition) is 1. The summed E-state index contributed by atoms with van der Waals surface area (Å²) in [6.45, 7) is 5.34. The number of anilines is 1. The summed E-state index contributed by atoms with van der Waals surface area (Å²) in [5.41, 5.74) is 1.28. The number of sulfonamides is 1. The second-order valence-electron chi connectivity index (χ2n) is 8.26. The number of carbonyl (C=O) groups excluding carboxylic acids is 2. The fraction of sp³-hybridized carbons (Fsp3) is 0.440. The summed E-state index contributed by atoms with van der Waals surface area (Å²) in [4.78, 5) is 27.8. The molecule has 0 fully saturated rings. The SMILES string of the molecule is CC[C@H](C)NC(=O)[C@H](C)N(CCc1ccccc1)C(=O)CN(c1ccccc1OC)S(C)(=O)=O. The molecule has 0 heterocycles. The van der Waals surface area contributed by atoms with E-state index >= 15 is 0 Å². The molecule has 0 aliphatic heterocycles. The van der Waals surface area contributed by atoms with Crippen molar-refractivity contribution in [3.63, 3.8) is 0 Å². The fourth-order valence-electron chi connectivity index (χ4n) is 3.47. The van der Waals surface area contributed by atoms with Crippen molar-refractivity contribution in [2.75, 3.05) is 30.8 Å². The molecule has 9 heteroatoms. The number of methoxy groups -OCH3 is 1. The molecule has 186 valence electrons. The van der Waals surface area contributed by atoms with Crippen molar-refractivity contribution in [2.45, 2.75) is 45.7 Å². The van der Waals surface area contributed by atoms with Crippen molar-refractivity contribution in [3.8, 4) is 5.75 Å². The zero-order chi connectivity index (χ0) is 25.3. The Labute approximate surface area is 202 Å². The molecule has 1 N–H and O–H groups in total. The summed E-state index contributed by atoms with van der Waals surface area (Å²) >= 11 is 0. The first-order valence-electron chi connectivity index (χ1n) is 11.3. The van der Waals surface area contributed by atoms with Crippen LogP contribution in [0.15, 0.2) is 54.6 Å². The van der Waals surface area contributed by atoms with Crippen molar-refractivity contribution >= 4 is 27.5 Å². The largest absolute Gasteiger partial charge is 0.495 e. The van der Waals surface area contributed by atoms with Crippen LogP contribution in [-0.2, 0) is 26.0 Å². The van der Waals surface area contributed by atoms with Crippen LogP contribution in [0.25, 0.3) is 0 Å². The highest BCUT2D eigenvalue weighted by Crippen LogP contribution is 2.29.